The van der Waals surface area contributed by atoms with E-state index in [2.05, 4.69) is 79.7 Å². The molecule has 0 unspecified atom stereocenters. The SMILES string of the molecule is CC(C)(C)C(O[Si](C)(C)C)=[Si][Si]([Si](C)(C)C)[Si](C)(C)C. The second-order valence-corrected chi connectivity index (χ2v) is 43.4. The average molecular weight is 361 g/mol. The first-order valence-electron chi connectivity index (χ1n) is 7.66. The van der Waals surface area contributed by atoms with Crippen molar-refractivity contribution < 1.29 is 4.43 Å². The number of rotatable bonds is 5. The molecule has 0 aromatic rings. The van der Waals surface area contributed by atoms with Crippen molar-refractivity contribution in [3.8, 4) is 0 Å². The zero-order valence-corrected chi connectivity index (χ0v) is 20.9. The molecule has 0 atom stereocenters. The van der Waals surface area contributed by atoms with Crippen molar-refractivity contribution in [1.82, 2.24) is 0 Å². The molecule has 0 bridgehead atoms. The lowest BCUT2D eigenvalue weighted by atomic mass is 9.99. The fraction of sp³-hybridized carbons (Fsp3) is 0.929. The summed E-state index contributed by atoms with van der Waals surface area (Å²) in [5, 5.41) is 1.44. The van der Waals surface area contributed by atoms with Crippen LogP contribution in [0.5, 0.6) is 0 Å². The van der Waals surface area contributed by atoms with Gasteiger partial charge >= 0.3 is 0 Å². The lowest BCUT2D eigenvalue weighted by Gasteiger charge is -2.38. The van der Waals surface area contributed by atoms with Gasteiger partial charge in [-0.1, -0.05) is 60.1 Å². The Balaban J connectivity index is 5.75. The van der Waals surface area contributed by atoms with Gasteiger partial charge in [0.2, 0.25) is 8.32 Å². The van der Waals surface area contributed by atoms with Crippen LogP contribution in [-0.2, 0) is 4.43 Å². The summed E-state index contributed by atoms with van der Waals surface area (Å²) in [6.07, 6.45) is 0. The summed E-state index contributed by atoms with van der Waals surface area (Å²) in [7, 11) is -2.86. The second-order valence-electron chi connectivity index (χ2n) is 9.79. The maximum Gasteiger partial charge on any atom is 0.241 e. The Morgan fingerprint density at radius 3 is 1.35 bits per heavy atom. The highest BCUT2D eigenvalue weighted by molar-refractivity contribution is 7.75. The molecular formula is C14H36OSi5. The third-order valence-electron chi connectivity index (χ3n) is 2.83. The van der Waals surface area contributed by atoms with Crippen LogP contribution in [0.3, 0.4) is 0 Å². The molecule has 0 N–H and O–H groups in total. The minimum Gasteiger partial charge on any atom is -0.552 e. The van der Waals surface area contributed by atoms with Crippen molar-refractivity contribution in [3.05, 3.63) is 0 Å². The normalized spacial score (nSPS) is 15.8. The Hall–Kier alpha value is 0.754. The van der Waals surface area contributed by atoms with Crippen molar-refractivity contribution in [3.63, 3.8) is 0 Å². The average Bonchev–Trinajstić information content (AvgIpc) is 2.03. The standard InChI is InChI=1S/C14H36OSi5/c1-14(2,3)13(15-18(4,5)6)16-17(19(7,8)9)20(10,11)12/h1-12H3. The molecule has 2 radical (unpaired) electrons. The van der Waals surface area contributed by atoms with Gasteiger partial charge in [0.25, 0.3) is 0 Å². The molecule has 6 heteroatoms. The fourth-order valence-electron chi connectivity index (χ4n) is 2.29. The van der Waals surface area contributed by atoms with Crippen molar-refractivity contribution >= 4 is 44.9 Å². The molecule has 0 aliphatic carbocycles. The Kier molecular flexibility index (Phi) is 6.72. The summed E-state index contributed by atoms with van der Waals surface area (Å²) >= 11 is 0. The molecule has 118 valence electrons. The van der Waals surface area contributed by atoms with Gasteiger partial charge in [-0.05, 0) is 19.6 Å². The third kappa shape index (κ3) is 7.67. The summed E-state index contributed by atoms with van der Waals surface area (Å²) in [4.78, 5) is 0. The molecule has 0 aliphatic rings. The van der Waals surface area contributed by atoms with E-state index >= 15 is 0 Å². The van der Waals surface area contributed by atoms with Gasteiger partial charge in [0, 0.05) is 29.2 Å². The summed E-state index contributed by atoms with van der Waals surface area (Å²) in [5.74, 6) is 0. The van der Waals surface area contributed by atoms with Gasteiger partial charge in [-0.3, -0.25) is 0 Å². The first kappa shape index (κ1) is 20.8. The van der Waals surface area contributed by atoms with E-state index in [-0.39, 0.29) is 12.8 Å². The van der Waals surface area contributed by atoms with Crippen LogP contribution in [0.25, 0.3) is 0 Å². The highest BCUT2D eigenvalue weighted by atomic mass is 29.9. The van der Waals surface area contributed by atoms with Gasteiger partial charge in [0.1, 0.15) is 0 Å². The topological polar surface area (TPSA) is 9.23 Å². The minimum atomic E-state index is -1.50. The van der Waals surface area contributed by atoms with E-state index in [4.69, 9.17) is 4.43 Å². The van der Waals surface area contributed by atoms with Gasteiger partial charge in [0.05, 0.1) is 12.7 Å². The van der Waals surface area contributed by atoms with E-state index < -0.39 is 23.5 Å². The van der Waals surface area contributed by atoms with Crippen LogP contribution >= 0.6 is 0 Å². The number of hydrogen-bond donors (Lipinski definition) is 0. The number of hydrogen-bond acceptors (Lipinski definition) is 1. The third-order valence-corrected chi connectivity index (χ3v) is 47.9. The van der Waals surface area contributed by atoms with Crippen LogP contribution < -0.4 is 0 Å². The Labute approximate surface area is 134 Å². The Morgan fingerprint density at radius 1 is 0.800 bits per heavy atom. The molecule has 0 fully saturated rings. The van der Waals surface area contributed by atoms with Gasteiger partial charge in [-0.15, -0.1) is 0 Å². The molecule has 0 aliphatic heterocycles. The molecule has 0 aromatic carbocycles. The summed E-state index contributed by atoms with van der Waals surface area (Å²) in [6, 6.07) is 0. The lowest BCUT2D eigenvalue weighted by molar-refractivity contribution is 0.446. The molecule has 0 spiro atoms. The molecule has 0 saturated carbocycles. The van der Waals surface area contributed by atoms with Gasteiger partial charge < -0.3 is 4.43 Å². The maximum atomic E-state index is 6.56. The smallest absolute Gasteiger partial charge is 0.241 e. The van der Waals surface area contributed by atoms with Crippen LogP contribution in [0.4, 0.5) is 0 Å². The van der Waals surface area contributed by atoms with E-state index in [1.54, 1.807) is 0 Å². The molecule has 0 aromatic heterocycles. The van der Waals surface area contributed by atoms with Crippen LogP contribution in [0.2, 0.25) is 58.9 Å². The highest BCUT2D eigenvalue weighted by Crippen LogP contribution is 2.22. The maximum absolute atomic E-state index is 6.56. The van der Waals surface area contributed by atoms with Gasteiger partial charge in [0.15, 0.2) is 0 Å². The van der Waals surface area contributed by atoms with Crippen molar-refractivity contribution in [2.75, 3.05) is 0 Å². The van der Waals surface area contributed by atoms with E-state index in [1.165, 1.54) is 5.35 Å². The van der Waals surface area contributed by atoms with E-state index in [0.29, 0.717) is 0 Å². The monoisotopic (exact) mass is 360 g/mol. The van der Waals surface area contributed by atoms with Gasteiger partial charge in [-0.2, -0.15) is 0 Å². The second kappa shape index (κ2) is 6.48. The Bertz CT molecular complexity index is 336. The van der Waals surface area contributed by atoms with Crippen LogP contribution in [0.1, 0.15) is 20.8 Å². The van der Waals surface area contributed by atoms with Crippen LogP contribution in [0, 0.1) is 5.41 Å². The fourth-order valence-corrected chi connectivity index (χ4v) is 48.2. The molecule has 1 nitrogen and oxygen atoms in total. The first-order chi connectivity index (χ1) is 8.44. The van der Waals surface area contributed by atoms with E-state index in [9.17, 15) is 0 Å². The van der Waals surface area contributed by atoms with Crippen molar-refractivity contribution in [2.24, 2.45) is 5.41 Å². The van der Waals surface area contributed by atoms with Crippen LogP contribution in [-0.4, -0.2) is 44.9 Å². The molecule has 0 saturated heterocycles. The first-order valence-corrected chi connectivity index (χ1v) is 23.6. The van der Waals surface area contributed by atoms with Crippen LogP contribution in [0.15, 0.2) is 0 Å². The molecular weight excluding hydrogens is 325 g/mol. The highest BCUT2D eigenvalue weighted by Gasteiger charge is 2.39. The quantitative estimate of drug-likeness (QED) is 0.654. The zero-order valence-electron chi connectivity index (χ0n) is 15.9. The van der Waals surface area contributed by atoms with E-state index in [0.717, 1.165) is 8.65 Å². The minimum absolute atomic E-state index is 0.202. The lowest BCUT2D eigenvalue weighted by Crippen LogP contribution is -2.62. The van der Waals surface area contributed by atoms with Crippen molar-refractivity contribution in [2.45, 2.75) is 79.7 Å². The predicted molar refractivity (Wildman–Crippen MR) is 107 cm³/mol. The zero-order chi connectivity index (χ0) is 16.6. The summed E-state index contributed by atoms with van der Waals surface area (Å²) < 4.78 is 6.56. The van der Waals surface area contributed by atoms with Crippen molar-refractivity contribution in [1.29, 1.82) is 0 Å². The molecule has 0 amide bonds. The predicted octanol–water partition coefficient (Wildman–Crippen LogP) is 4.54. The Morgan fingerprint density at radius 2 is 1.15 bits per heavy atom. The van der Waals surface area contributed by atoms with Gasteiger partial charge in [-0.25, -0.2) is 0 Å². The largest absolute Gasteiger partial charge is 0.552 e. The summed E-state index contributed by atoms with van der Waals surface area (Å²) in [5.41, 5.74) is 0.202. The molecule has 0 heterocycles. The van der Waals surface area contributed by atoms with E-state index in [1.807, 2.05) is 0 Å². The molecule has 20 heavy (non-hydrogen) atoms. The summed E-state index contributed by atoms with van der Waals surface area (Å²) in [6.45, 7) is 29.5. The molecule has 0 rings (SSSR count).